The third-order valence-corrected chi connectivity index (χ3v) is 5.70. The molecule has 34 heavy (non-hydrogen) atoms. The van der Waals surface area contributed by atoms with Crippen molar-refractivity contribution < 1.29 is 14.0 Å². The van der Waals surface area contributed by atoms with Crippen LogP contribution in [0, 0.1) is 19.7 Å². The molecule has 3 rings (SSSR count). The number of rotatable bonds is 8. The summed E-state index contributed by atoms with van der Waals surface area (Å²) >= 11 is 0. The molecule has 0 aliphatic heterocycles. The monoisotopic (exact) mass is 464 g/mol. The molecule has 0 aliphatic carbocycles. The molecule has 0 radical (unpaired) electrons. The van der Waals surface area contributed by atoms with Crippen molar-refractivity contribution >= 4 is 35.2 Å². The van der Waals surface area contributed by atoms with E-state index in [0.717, 1.165) is 24.0 Å². The molecule has 0 saturated carbocycles. The smallest absolute Gasteiger partial charge is 0.256 e. The highest BCUT2D eigenvalue weighted by Crippen LogP contribution is 2.35. The molecule has 2 aromatic carbocycles. The number of anilines is 4. The van der Waals surface area contributed by atoms with Gasteiger partial charge in [0.15, 0.2) is 0 Å². The Morgan fingerprint density at radius 2 is 1.91 bits per heavy atom. The number of aromatic nitrogens is 1. The maximum absolute atomic E-state index is 14.7. The van der Waals surface area contributed by atoms with Crippen molar-refractivity contribution in [2.24, 2.45) is 7.05 Å². The maximum Gasteiger partial charge on any atom is 0.256 e. The van der Waals surface area contributed by atoms with Crippen LogP contribution in [0.5, 0.6) is 0 Å². The van der Waals surface area contributed by atoms with Crippen molar-refractivity contribution in [1.82, 2.24) is 9.88 Å². The second-order valence-corrected chi connectivity index (χ2v) is 8.14. The lowest BCUT2D eigenvalue weighted by Gasteiger charge is -2.26. The predicted octanol–water partition coefficient (Wildman–Crippen LogP) is 4.49. The van der Waals surface area contributed by atoms with Crippen molar-refractivity contribution in [3.63, 3.8) is 0 Å². The second kappa shape index (κ2) is 10.3. The Kier molecular flexibility index (Phi) is 7.50. The third-order valence-electron chi connectivity index (χ3n) is 5.70. The highest BCUT2D eigenvalue weighted by molar-refractivity contribution is 6.08. The van der Waals surface area contributed by atoms with E-state index in [-0.39, 0.29) is 28.3 Å². The largest absolute Gasteiger partial charge is 0.355 e. The van der Waals surface area contributed by atoms with Gasteiger partial charge < -0.3 is 10.6 Å². The van der Waals surface area contributed by atoms with E-state index in [0.29, 0.717) is 12.1 Å². The summed E-state index contributed by atoms with van der Waals surface area (Å²) in [5.74, 6) is -0.985. The van der Waals surface area contributed by atoms with Gasteiger partial charge in [-0.1, -0.05) is 31.5 Å². The van der Waals surface area contributed by atoms with Gasteiger partial charge in [-0.3, -0.25) is 23.9 Å². The Morgan fingerprint density at radius 3 is 2.53 bits per heavy atom. The van der Waals surface area contributed by atoms with Gasteiger partial charge in [0.25, 0.3) is 11.5 Å². The molecular formula is C26H29FN4O3. The third kappa shape index (κ3) is 4.71. The zero-order valence-electron chi connectivity index (χ0n) is 20.0. The summed E-state index contributed by atoms with van der Waals surface area (Å²) in [4.78, 5) is 39.9. The molecule has 0 bridgehead atoms. The minimum absolute atomic E-state index is 0.0510. The zero-order valence-corrected chi connectivity index (χ0v) is 20.0. The summed E-state index contributed by atoms with van der Waals surface area (Å²) in [6.07, 6.45) is 2.32. The molecular weight excluding hydrogens is 435 g/mol. The minimum atomic E-state index is -0.531. The lowest BCUT2D eigenvalue weighted by molar-refractivity contribution is -0.106. The highest BCUT2D eigenvalue weighted by Gasteiger charge is 2.28. The van der Waals surface area contributed by atoms with Crippen LogP contribution >= 0.6 is 0 Å². The van der Waals surface area contributed by atoms with E-state index in [1.54, 1.807) is 26.0 Å². The van der Waals surface area contributed by atoms with Gasteiger partial charge in [-0.15, -0.1) is 0 Å². The van der Waals surface area contributed by atoms with Gasteiger partial charge in [0.2, 0.25) is 6.41 Å². The van der Waals surface area contributed by atoms with E-state index in [4.69, 9.17) is 0 Å². The van der Waals surface area contributed by atoms with Crippen LogP contribution in [0.15, 0.2) is 47.3 Å². The van der Waals surface area contributed by atoms with E-state index in [1.165, 1.54) is 35.7 Å². The van der Waals surface area contributed by atoms with Gasteiger partial charge >= 0.3 is 0 Å². The fourth-order valence-electron chi connectivity index (χ4n) is 3.95. The van der Waals surface area contributed by atoms with Gasteiger partial charge in [-0.2, -0.15) is 0 Å². The number of carbonyl (C=O) groups is 2. The van der Waals surface area contributed by atoms with Crippen LogP contribution in [-0.2, 0) is 18.3 Å². The second-order valence-electron chi connectivity index (χ2n) is 8.14. The number of nitrogens with zero attached hydrogens (tertiary/aromatic N) is 2. The van der Waals surface area contributed by atoms with Crippen molar-refractivity contribution in [3.05, 3.63) is 80.9 Å². The SMILES string of the molecule is CCCc1cccc(N(C=O)c2c(C(=O)NC)c(Nc3ccc(C)cc3F)n(C)c(=O)c2C)c1. The molecule has 0 unspecified atom stereocenters. The first-order chi connectivity index (χ1) is 16.2. The molecule has 1 aromatic heterocycles. The number of halogens is 1. The van der Waals surface area contributed by atoms with Crippen LogP contribution in [0.25, 0.3) is 0 Å². The summed E-state index contributed by atoms with van der Waals surface area (Å²) in [5.41, 5.74) is 2.36. The molecule has 0 spiro atoms. The Bertz CT molecular complexity index is 1300. The predicted molar refractivity (Wildman–Crippen MR) is 133 cm³/mol. The fraction of sp³-hybridized carbons (Fsp3) is 0.269. The molecule has 0 aliphatic rings. The number of carbonyl (C=O) groups excluding carboxylic acids is 2. The standard InChI is InChI=1S/C26H29FN4O3/c1-6-8-18-9-7-10-19(14-18)31(15-32)23-17(3)26(34)30(5)24(22(23)25(33)28-4)29-21-12-11-16(2)13-20(21)27/h7,9-15,29H,6,8H2,1-5H3,(H,28,33). The maximum atomic E-state index is 14.7. The van der Waals surface area contributed by atoms with Gasteiger partial charge in [0.05, 0.1) is 11.4 Å². The van der Waals surface area contributed by atoms with E-state index in [9.17, 15) is 18.8 Å². The van der Waals surface area contributed by atoms with Crippen LogP contribution in [-0.4, -0.2) is 23.9 Å². The first-order valence-electron chi connectivity index (χ1n) is 11.1. The van der Waals surface area contributed by atoms with E-state index < -0.39 is 17.3 Å². The summed E-state index contributed by atoms with van der Waals surface area (Å²) < 4.78 is 15.9. The molecule has 7 nitrogen and oxygen atoms in total. The molecule has 2 amide bonds. The zero-order chi connectivity index (χ0) is 25.0. The van der Waals surface area contributed by atoms with Crippen molar-refractivity contribution in [1.29, 1.82) is 0 Å². The van der Waals surface area contributed by atoms with Crippen LogP contribution in [0.4, 0.5) is 27.3 Å². The average Bonchev–Trinajstić information content (AvgIpc) is 2.82. The van der Waals surface area contributed by atoms with Gasteiger partial charge in [-0.25, -0.2) is 4.39 Å². The fourth-order valence-corrected chi connectivity index (χ4v) is 3.95. The number of amides is 2. The number of nitrogens with one attached hydrogen (secondary N) is 2. The number of hydrogen-bond acceptors (Lipinski definition) is 4. The molecule has 2 N–H and O–H groups in total. The van der Waals surface area contributed by atoms with Gasteiger partial charge in [0, 0.05) is 25.3 Å². The number of hydrogen-bond donors (Lipinski definition) is 2. The first-order valence-corrected chi connectivity index (χ1v) is 11.1. The normalized spacial score (nSPS) is 10.6. The molecule has 8 heteroatoms. The summed E-state index contributed by atoms with van der Waals surface area (Å²) in [6.45, 7) is 5.38. The van der Waals surface area contributed by atoms with Gasteiger partial charge in [-0.05, 0) is 55.7 Å². The number of benzene rings is 2. The van der Waals surface area contributed by atoms with Crippen molar-refractivity contribution in [2.75, 3.05) is 17.3 Å². The summed E-state index contributed by atoms with van der Waals surface area (Å²) in [6, 6.07) is 12.0. The lowest BCUT2D eigenvalue weighted by Crippen LogP contribution is -2.33. The summed E-state index contributed by atoms with van der Waals surface area (Å²) in [5, 5.41) is 5.48. The van der Waals surface area contributed by atoms with E-state index >= 15 is 0 Å². The van der Waals surface area contributed by atoms with Crippen molar-refractivity contribution in [3.8, 4) is 0 Å². The van der Waals surface area contributed by atoms with Crippen LogP contribution in [0.2, 0.25) is 0 Å². The van der Waals surface area contributed by atoms with Crippen LogP contribution in [0.3, 0.4) is 0 Å². The Hall–Kier alpha value is -3.94. The number of pyridine rings is 1. The van der Waals surface area contributed by atoms with Crippen LogP contribution in [0.1, 0.15) is 40.4 Å². The highest BCUT2D eigenvalue weighted by atomic mass is 19.1. The number of aryl methyl sites for hydroxylation is 2. The molecule has 1 heterocycles. The topological polar surface area (TPSA) is 83.4 Å². The van der Waals surface area contributed by atoms with Gasteiger partial charge in [0.1, 0.15) is 17.2 Å². The Morgan fingerprint density at radius 1 is 1.18 bits per heavy atom. The molecule has 0 fully saturated rings. The lowest BCUT2D eigenvalue weighted by atomic mass is 10.0. The average molecular weight is 465 g/mol. The van der Waals surface area contributed by atoms with E-state index in [2.05, 4.69) is 17.6 Å². The Balaban J connectivity index is 2.31. The van der Waals surface area contributed by atoms with Crippen molar-refractivity contribution in [2.45, 2.75) is 33.6 Å². The molecule has 0 saturated heterocycles. The van der Waals surface area contributed by atoms with E-state index in [1.807, 2.05) is 18.2 Å². The molecule has 0 atom stereocenters. The molecule has 3 aromatic rings. The van der Waals surface area contributed by atoms with Crippen LogP contribution < -0.4 is 21.1 Å². The first kappa shape index (κ1) is 24.7. The minimum Gasteiger partial charge on any atom is -0.355 e. The molecule has 178 valence electrons. The quantitative estimate of drug-likeness (QED) is 0.481. The summed E-state index contributed by atoms with van der Waals surface area (Å²) in [7, 11) is 2.95. The Labute approximate surface area is 198 Å².